The van der Waals surface area contributed by atoms with Crippen LogP contribution in [0.2, 0.25) is 0 Å². The summed E-state index contributed by atoms with van der Waals surface area (Å²) < 4.78 is 23.7. The molecule has 222 valence electrons. The van der Waals surface area contributed by atoms with Crippen molar-refractivity contribution in [2.24, 2.45) is 5.73 Å². The maximum atomic E-state index is 6.51. The summed E-state index contributed by atoms with van der Waals surface area (Å²) in [5.74, 6) is 3.16. The monoisotopic (exact) mass is 576 g/mol. The second kappa shape index (κ2) is 14.5. The Morgan fingerprint density at radius 3 is 1.91 bits per heavy atom. The predicted octanol–water partition coefficient (Wildman–Crippen LogP) is 8.95. The van der Waals surface area contributed by atoms with Crippen molar-refractivity contribution in [2.75, 3.05) is 0 Å². The van der Waals surface area contributed by atoms with Crippen molar-refractivity contribution < 1.29 is 18.9 Å². The van der Waals surface area contributed by atoms with Crippen molar-refractivity contribution >= 4 is 23.9 Å². The molecule has 0 radical (unpaired) electrons. The van der Waals surface area contributed by atoms with Gasteiger partial charge in [-0.25, -0.2) is 0 Å². The number of hydrogen-bond donors (Lipinski definition) is 1. The summed E-state index contributed by atoms with van der Waals surface area (Å²) >= 11 is 0. The molecule has 0 saturated carbocycles. The van der Waals surface area contributed by atoms with E-state index >= 15 is 0 Å². The highest BCUT2D eigenvalue weighted by atomic mass is 16.7. The highest BCUT2D eigenvalue weighted by Crippen LogP contribution is 2.38. The summed E-state index contributed by atoms with van der Waals surface area (Å²) in [6.45, 7) is 8.19. The zero-order valence-corrected chi connectivity index (χ0v) is 25.0. The molecule has 2 aliphatic rings. The largest absolute Gasteiger partial charge is 0.451 e. The van der Waals surface area contributed by atoms with Crippen LogP contribution in [0, 0.1) is 0 Å². The fourth-order valence-corrected chi connectivity index (χ4v) is 4.86. The fraction of sp³-hybridized carbons (Fsp3) is 0.270. The van der Waals surface area contributed by atoms with Gasteiger partial charge >= 0.3 is 0 Å². The smallest absolute Gasteiger partial charge is 0.241 e. The van der Waals surface area contributed by atoms with E-state index in [4.69, 9.17) is 24.7 Å². The number of allylic oxidation sites excluding steroid dienone is 5. The molecule has 6 nitrogen and oxygen atoms in total. The topological polar surface area (TPSA) is 75.8 Å². The van der Waals surface area contributed by atoms with Gasteiger partial charge in [-0.15, -0.1) is 0 Å². The molecular formula is C37H40N2O4. The summed E-state index contributed by atoms with van der Waals surface area (Å²) in [6, 6.07) is 15.9. The summed E-state index contributed by atoms with van der Waals surface area (Å²) in [5.41, 5.74) is 11.7. The number of hydrogen-bond acceptors (Lipinski definition) is 6. The first-order chi connectivity index (χ1) is 21.0. The van der Waals surface area contributed by atoms with Gasteiger partial charge < -0.3 is 24.7 Å². The van der Waals surface area contributed by atoms with Crippen molar-refractivity contribution in [3.05, 3.63) is 114 Å². The second-order valence-electron chi connectivity index (χ2n) is 10.7. The molecule has 2 aromatic carbocycles. The predicted molar refractivity (Wildman–Crippen MR) is 175 cm³/mol. The molecule has 0 saturated heterocycles. The Morgan fingerprint density at radius 1 is 0.767 bits per heavy atom. The standard InChI is InChI=1S/C37H40N2O4/c1-4-7-10-36-40-32-18-16-27(24-34(32)42-36)13-12-26(9-6-3)22-30(38)31-23-29(20-21-39-31)15-14-28-17-19-33-35(25-28)43-37(41-33)11-8-5-2/h6,9,12-25,36-37H,3-5,7-8,10-11,38H2,1-2H3/b13-12+,15-14+,26-9-,30-22-. The van der Waals surface area contributed by atoms with Crippen molar-refractivity contribution in [1.29, 1.82) is 0 Å². The lowest BCUT2D eigenvalue weighted by Crippen LogP contribution is -2.17. The number of nitrogens with zero attached hydrogens (tertiary/aromatic N) is 1. The van der Waals surface area contributed by atoms with E-state index in [2.05, 4.69) is 25.4 Å². The Hall–Kier alpha value is -4.71. The number of nitrogens with two attached hydrogens (primary N) is 1. The molecule has 5 rings (SSSR count). The van der Waals surface area contributed by atoms with E-state index in [1.54, 1.807) is 12.3 Å². The van der Waals surface area contributed by atoms with Gasteiger partial charge in [0.2, 0.25) is 12.6 Å². The van der Waals surface area contributed by atoms with Crippen LogP contribution in [0.5, 0.6) is 23.0 Å². The SMILES string of the molecule is C=C/C=C(\C=C(/N)c1cc(/C=C/c2ccc3c(c2)OC(CCCC)O3)ccn1)/C=C/c1ccc2c(c1)OC(CCCC)O2. The number of unbranched alkanes of at least 4 members (excludes halogenated alkanes) is 2. The Balaban J connectivity index is 1.25. The van der Waals surface area contributed by atoms with Crippen LogP contribution in [0.1, 0.15) is 74.8 Å². The normalized spacial score (nSPS) is 17.7. The van der Waals surface area contributed by atoms with E-state index in [-0.39, 0.29) is 12.6 Å². The van der Waals surface area contributed by atoms with Gasteiger partial charge in [-0.3, -0.25) is 4.98 Å². The molecule has 3 aromatic rings. The minimum Gasteiger partial charge on any atom is -0.451 e. The molecule has 0 amide bonds. The van der Waals surface area contributed by atoms with Crippen LogP contribution in [-0.2, 0) is 0 Å². The van der Waals surface area contributed by atoms with E-state index in [0.717, 1.165) is 83.8 Å². The summed E-state index contributed by atoms with van der Waals surface area (Å²) in [7, 11) is 0. The molecule has 0 spiro atoms. The van der Waals surface area contributed by atoms with Crippen LogP contribution in [0.25, 0.3) is 23.9 Å². The minimum atomic E-state index is -0.202. The molecule has 0 bridgehead atoms. The fourth-order valence-electron chi connectivity index (χ4n) is 4.86. The van der Waals surface area contributed by atoms with Gasteiger partial charge in [-0.1, -0.05) is 81.9 Å². The number of aromatic nitrogens is 1. The molecule has 43 heavy (non-hydrogen) atoms. The third kappa shape index (κ3) is 7.98. The first kappa shape index (κ1) is 29.8. The first-order valence-electron chi connectivity index (χ1n) is 15.1. The zero-order valence-electron chi connectivity index (χ0n) is 25.0. The Kier molecular flexibility index (Phi) is 10.0. The van der Waals surface area contributed by atoms with Crippen LogP contribution in [0.3, 0.4) is 0 Å². The second-order valence-corrected chi connectivity index (χ2v) is 10.7. The lowest BCUT2D eigenvalue weighted by molar-refractivity contribution is 0.0397. The number of pyridine rings is 1. The van der Waals surface area contributed by atoms with Gasteiger partial charge in [0.05, 0.1) is 11.4 Å². The third-order valence-electron chi connectivity index (χ3n) is 7.20. The Morgan fingerprint density at radius 2 is 1.33 bits per heavy atom. The number of fused-ring (bicyclic) bond motifs is 2. The lowest BCUT2D eigenvalue weighted by Gasteiger charge is -2.08. The highest BCUT2D eigenvalue weighted by Gasteiger charge is 2.24. The quantitative estimate of drug-likeness (QED) is 0.205. The lowest BCUT2D eigenvalue weighted by atomic mass is 10.1. The van der Waals surface area contributed by atoms with Gasteiger partial charge in [0.25, 0.3) is 0 Å². The maximum absolute atomic E-state index is 6.51. The van der Waals surface area contributed by atoms with Crippen LogP contribution in [0.4, 0.5) is 0 Å². The molecule has 3 heterocycles. The van der Waals surface area contributed by atoms with E-state index in [9.17, 15) is 0 Å². The van der Waals surface area contributed by atoms with Crippen LogP contribution >= 0.6 is 0 Å². The molecule has 0 aliphatic carbocycles. The molecule has 2 N–H and O–H groups in total. The molecule has 1 aromatic heterocycles. The molecule has 2 atom stereocenters. The average molecular weight is 577 g/mol. The van der Waals surface area contributed by atoms with Gasteiger partial charge in [0.1, 0.15) is 0 Å². The first-order valence-corrected chi connectivity index (χ1v) is 15.1. The van der Waals surface area contributed by atoms with Crippen molar-refractivity contribution in [3.63, 3.8) is 0 Å². The van der Waals surface area contributed by atoms with Crippen LogP contribution in [0.15, 0.2) is 91.2 Å². The maximum Gasteiger partial charge on any atom is 0.241 e. The zero-order chi connectivity index (χ0) is 30.0. The molecular weight excluding hydrogens is 536 g/mol. The van der Waals surface area contributed by atoms with Crippen LogP contribution < -0.4 is 24.7 Å². The van der Waals surface area contributed by atoms with E-state index in [1.165, 1.54) is 0 Å². The summed E-state index contributed by atoms with van der Waals surface area (Å²) in [5, 5.41) is 0. The third-order valence-corrected chi connectivity index (χ3v) is 7.20. The Labute approximate surface area is 254 Å². The van der Waals surface area contributed by atoms with Crippen LogP contribution in [-0.4, -0.2) is 17.6 Å². The van der Waals surface area contributed by atoms with Gasteiger partial charge in [-0.2, -0.15) is 0 Å². The number of rotatable bonds is 13. The van der Waals surface area contributed by atoms with Gasteiger partial charge in [-0.05, 0) is 77.6 Å². The number of ether oxygens (including phenoxy) is 4. The van der Waals surface area contributed by atoms with E-state index in [1.807, 2.05) is 85.0 Å². The Bertz CT molecular complexity index is 1550. The van der Waals surface area contributed by atoms with E-state index < -0.39 is 0 Å². The molecule has 2 aliphatic heterocycles. The average Bonchev–Trinajstić information content (AvgIpc) is 3.63. The van der Waals surface area contributed by atoms with Gasteiger partial charge in [0.15, 0.2) is 23.0 Å². The number of benzene rings is 2. The van der Waals surface area contributed by atoms with Crippen molar-refractivity contribution in [1.82, 2.24) is 4.98 Å². The highest BCUT2D eigenvalue weighted by molar-refractivity contribution is 5.74. The van der Waals surface area contributed by atoms with Crippen molar-refractivity contribution in [2.45, 2.75) is 65.0 Å². The van der Waals surface area contributed by atoms with Gasteiger partial charge in [0, 0.05) is 19.0 Å². The molecule has 0 fully saturated rings. The summed E-state index contributed by atoms with van der Waals surface area (Å²) in [6.07, 6.45) is 21.2. The molecule has 6 heteroatoms. The van der Waals surface area contributed by atoms with E-state index in [0.29, 0.717) is 11.4 Å². The molecule has 2 unspecified atom stereocenters. The summed E-state index contributed by atoms with van der Waals surface area (Å²) in [4.78, 5) is 4.50. The minimum absolute atomic E-state index is 0.193. The van der Waals surface area contributed by atoms with Crippen molar-refractivity contribution in [3.8, 4) is 23.0 Å².